The third-order valence-corrected chi connectivity index (χ3v) is 3.39. The molecule has 0 bridgehead atoms. The van der Waals surface area contributed by atoms with Crippen LogP contribution in [0.4, 0.5) is 0 Å². The summed E-state index contributed by atoms with van der Waals surface area (Å²) in [5.41, 5.74) is 4.11. The van der Waals surface area contributed by atoms with Crippen LogP contribution in [0.15, 0.2) is 24.4 Å². The molecule has 1 aromatic carbocycles. The SMILES string of the molecule is Cc1nc2cc(-c3cnc(CCO)[nH]3)ccc2n1C. The highest BCUT2D eigenvalue weighted by molar-refractivity contribution is 5.81. The van der Waals surface area contributed by atoms with E-state index in [4.69, 9.17) is 5.11 Å². The number of aromatic amines is 1. The van der Waals surface area contributed by atoms with Crippen LogP contribution in [0.3, 0.4) is 0 Å². The van der Waals surface area contributed by atoms with Crippen molar-refractivity contribution in [1.29, 1.82) is 0 Å². The predicted octanol–water partition coefficient (Wildman–Crippen LogP) is 1.81. The summed E-state index contributed by atoms with van der Waals surface area (Å²) in [6, 6.07) is 6.18. The lowest BCUT2D eigenvalue weighted by molar-refractivity contribution is 0.297. The maximum absolute atomic E-state index is 8.90. The largest absolute Gasteiger partial charge is 0.396 e. The van der Waals surface area contributed by atoms with Crippen molar-refractivity contribution >= 4 is 11.0 Å². The van der Waals surface area contributed by atoms with Gasteiger partial charge in [-0.2, -0.15) is 0 Å². The Labute approximate surface area is 110 Å². The molecule has 0 aliphatic rings. The van der Waals surface area contributed by atoms with Crippen molar-refractivity contribution in [2.45, 2.75) is 13.3 Å². The molecule has 5 nitrogen and oxygen atoms in total. The highest BCUT2D eigenvalue weighted by atomic mass is 16.3. The van der Waals surface area contributed by atoms with Gasteiger partial charge in [-0.15, -0.1) is 0 Å². The Morgan fingerprint density at radius 2 is 2.21 bits per heavy atom. The van der Waals surface area contributed by atoms with E-state index >= 15 is 0 Å². The van der Waals surface area contributed by atoms with Gasteiger partial charge in [-0.1, -0.05) is 6.07 Å². The van der Waals surface area contributed by atoms with Crippen molar-refractivity contribution in [1.82, 2.24) is 19.5 Å². The number of aliphatic hydroxyl groups is 1. The van der Waals surface area contributed by atoms with Crippen molar-refractivity contribution in [3.8, 4) is 11.3 Å². The quantitative estimate of drug-likeness (QED) is 0.751. The summed E-state index contributed by atoms with van der Waals surface area (Å²) in [5.74, 6) is 1.80. The molecule has 2 N–H and O–H groups in total. The molecular weight excluding hydrogens is 240 g/mol. The standard InChI is InChI=1S/C14H16N4O/c1-9-16-11-7-10(3-4-13(11)18(9)2)12-8-15-14(17-12)5-6-19/h3-4,7-8,19H,5-6H2,1-2H3,(H,15,17). The van der Waals surface area contributed by atoms with Gasteiger partial charge >= 0.3 is 0 Å². The van der Waals surface area contributed by atoms with Crippen molar-refractivity contribution < 1.29 is 5.11 Å². The number of hydrogen-bond acceptors (Lipinski definition) is 3. The van der Waals surface area contributed by atoms with Crippen molar-refractivity contribution in [3.05, 3.63) is 36.0 Å². The van der Waals surface area contributed by atoms with Gasteiger partial charge in [0.25, 0.3) is 0 Å². The first kappa shape index (κ1) is 11.9. The average Bonchev–Trinajstić information content (AvgIpc) is 2.96. The Morgan fingerprint density at radius 3 is 3.00 bits per heavy atom. The maximum atomic E-state index is 8.90. The highest BCUT2D eigenvalue weighted by Crippen LogP contribution is 2.23. The summed E-state index contributed by atoms with van der Waals surface area (Å²) in [6.45, 7) is 2.10. The molecule has 3 rings (SSSR count). The number of rotatable bonds is 3. The molecule has 0 radical (unpaired) electrons. The smallest absolute Gasteiger partial charge is 0.108 e. The van der Waals surface area contributed by atoms with E-state index in [2.05, 4.69) is 37.7 Å². The molecule has 0 aliphatic heterocycles. The van der Waals surface area contributed by atoms with Gasteiger partial charge in [0.1, 0.15) is 11.6 Å². The molecule has 0 saturated carbocycles. The molecule has 0 unspecified atom stereocenters. The van der Waals surface area contributed by atoms with Crippen LogP contribution in [-0.2, 0) is 13.5 Å². The molecule has 19 heavy (non-hydrogen) atoms. The minimum atomic E-state index is 0.103. The molecule has 5 heteroatoms. The number of benzene rings is 1. The fourth-order valence-corrected chi connectivity index (χ4v) is 2.23. The molecule has 0 aliphatic carbocycles. The van der Waals surface area contributed by atoms with E-state index in [1.165, 1.54) is 0 Å². The van der Waals surface area contributed by atoms with Crippen LogP contribution in [-0.4, -0.2) is 31.2 Å². The molecule has 2 aromatic heterocycles. The summed E-state index contributed by atoms with van der Waals surface area (Å²) in [6.07, 6.45) is 2.34. The Morgan fingerprint density at radius 1 is 1.37 bits per heavy atom. The van der Waals surface area contributed by atoms with Crippen molar-refractivity contribution in [3.63, 3.8) is 0 Å². The summed E-state index contributed by atoms with van der Waals surface area (Å²) in [7, 11) is 2.01. The van der Waals surface area contributed by atoms with Gasteiger partial charge in [-0.25, -0.2) is 9.97 Å². The van der Waals surface area contributed by atoms with E-state index in [0.29, 0.717) is 6.42 Å². The summed E-state index contributed by atoms with van der Waals surface area (Å²) in [5, 5.41) is 8.90. The third kappa shape index (κ3) is 2.02. The van der Waals surface area contributed by atoms with Crippen LogP contribution in [0, 0.1) is 6.92 Å². The number of nitrogens with one attached hydrogen (secondary N) is 1. The van der Waals surface area contributed by atoms with E-state index in [1.807, 2.05) is 14.0 Å². The van der Waals surface area contributed by atoms with E-state index in [-0.39, 0.29) is 6.61 Å². The Kier molecular flexibility index (Phi) is 2.83. The Hall–Kier alpha value is -2.14. The lowest BCUT2D eigenvalue weighted by atomic mass is 10.1. The number of hydrogen-bond donors (Lipinski definition) is 2. The number of nitrogens with zero attached hydrogens (tertiary/aromatic N) is 3. The second-order valence-electron chi connectivity index (χ2n) is 4.64. The summed E-state index contributed by atoms with van der Waals surface area (Å²) >= 11 is 0. The number of aryl methyl sites for hydroxylation is 2. The molecule has 0 atom stereocenters. The Bertz CT molecular complexity index is 726. The number of H-pyrrole nitrogens is 1. The predicted molar refractivity (Wildman–Crippen MR) is 73.8 cm³/mol. The fourth-order valence-electron chi connectivity index (χ4n) is 2.23. The molecule has 3 aromatic rings. The first-order valence-corrected chi connectivity index (χ1v) is 6.27. The number of fused-ring (bicyclic) bond motifs is 1. The van der Waals surface area contributed by atoms with Gasteiger partial charge in [-0.3, -0.25) is 0 Å². The second-order valence-corrected chi connectivity index (χ2v) is 4.64. The van der Waals surface area contributed by atoms with Gasteiger partial charge in [0.2, 0.25) is 0 Å². The normalized spacial score (nSPS) is 11.3. The summed E-state index contributed by atoms with van der Waals surface area (Å²) in [4.78, 5) is 12.0. The molecule has 0 spiro atoms. The van der Waals surface area contributed by atoms with Gasteiger partial charge in [0, 0.05) is 19.0 Å². The monoisotopic (exact) mass is 256 g/mol. The lowest BCUT2D eigenvalue weighted by Crippen LogP contribution is -1.92. The minimum Gasteiger partial charge on any atom is -0.396 e. The summed E-state index contributed by atoms with van der Waals surface area (Å²) < 4.78 is 2.07. The van der Waals surface area contributed by atoms with Crippen molar-refractivity contribution in [2.75, 3.05) is 6.61 Å². The van der Waals surface area contributed by atoms with Crippen LogP contribution in [0.1, 0.15) is 11.6 Å². The Balaban J connectivity index is 2.04. The second kappa shape index (κ2) is 4.51. The van der Waals surface area contributed by atoms with E-state index in [9.17, 15) is 0 Å². The molecule has 0 fully saturated rings. The first-order chi connectivity index (χ1) is 9.19. The van der Waals surface area contributed by atoms with Gasteiger partial charge in [0.05, 0.1) is 29.5 Å². The molecule has 0 saturated heterocycles. The average molecular weight is 256 g/mol. The topological polar surface area (TPSA) is 66.7 Å². The molecule has 2 heterocycles. The van der Waals surface area contributed by atoms with E-state index < -0.39 is 0 Å². The van der Waals surface area contributed by atoms with Crippen LogP contribution < -0.4 is 0 Å². The highest BCUT2D eigenvalue weighted by Gasteiger charge is 2.08. The number of aliphatic hydroxyl groups excluding tert-OH is 1. The number of aromatic nitrogens is 4. The minimum absolute atomic E-state index is 0.103. The maximum Gasteiger partial charge on any atom is 0.108 e. The van der Waals surface area contributed by atoms with Gasteiger partial charge in [0.15, 0.2) is 0 Å². The van der Waals surface area contributed by atoms with E-state index in [0.717, 1.165) is 33.9 Å². The van der Waals surface area contributed by atoms with Gasteiger partial charge < -0.3 is 14.7 Å². The van der Waals surface area contributed by atoms with Crippen molar-refractivity contribution in [2.24, 2.45) is 7.05 Å². The molecular formula is C14H16N4O. The van der Waals surface area contributed by atoms with E-state index in [1.54, 1.807) is 6.20 Å². The zero-order chi connectivity index (χ0) is 13.4. The van der Waals surface area contributed by atoms with Crippen LogP contribution in [0.2, 0.25) is 0 Å². The molecule has 0 amide bonds. The van der Waals surface area contributed by atoms with Crippen LogP contribution in [0.25, 0.3) is 22.3 Å². The van der Waals surface area contributed by atoms with Gasteiger partial charge in [-0.05, 0) is 19.1 Å². The lowest BCUT2D eigenvalue weighted by Gasteiger charge is -1.99. The first-order valence-electron chi connectivity index (χ1n) is 6.27. The third-order valence-electron chi connectivity index (χ3n) is 3.39. The van der Waals surface area contributed by atoms with Crippen LogP contribution in [0.5, 0.6) is 0 Å². The zero-order valence-electron chi connectivity index (χ0n) is 11.0. The number of imidazole rings is 2. The van der Waals surface area contributed by atoms with Crippen LogP contribution >= 0.6 is 0 Å². The fraction of sp³-hybridized carbons (Fsp3) is 0.286. The zero-order valence-corrected chi connectivity index (χ0v) is 11.0. The molecule has 98 valence electrons.